The maximum atomic E-state index is 12.8. The van der Waals surface area contributed by atoms with Crippen LogP contribution in [0.4, 0.5) is 5.69 Å². The number of anilines is 1. The number of piperidine rings is 1. The number of nitrogens with zero attached hydrogens (tertiary/aromatic N) is 1. The van der Waals surface area contributed by atoms with Crippen LogP contribution in [0, 0.1) is 5.92 Å². The number of nitrogens with two attached hydrogens (primary N) is 1. The number of benzene rings is 1. The van der Waals surface area contributed by atoms with Crippen molar-refractivity contribution in [2.45, 2.75) is 50.9 Å². The molecule has 1 heterocycles. The van der Waals surface area contributed by atoms with Crippen molar-refractivity contribution in [3.63, 3.8) is 0 Å². The van der Waals surface area contributed by atoms with Crippen molar-refractivity contribution in [3.05, 3.63) is 29.8 Å². The highest BCUT2D eigenvalue weighted by molar-refractivity contribution is 6.15. The van der Waals surface area contributed by atoms with E-state index in [0.29, 0.717) is 18.7 Å². The molecular formula is C18H24N2O2. The van der Waals surface area contributed by atoms with E-state index in [-0.39, 0.29) is 17.7 Å². The molecule has 3 rings (SSSR count). The van der Waals surface area contributed by atoms with Gasteiger partial charge in [-0.1, -0.05) is 44.7 Å². The van der Waals surface area contributed by atoms with Gasteiger partial charge in [0.1, 0.15) is 0 Å². The van der Waals surface area contributed by atoms with E-state index in [9.17, 15) is 9.59 Å². The maximum absolute atomic E-state index is 12.8. The van der Waals surface area contributed by atoms with Gasteiger partial charge in [0.05, 0.1) is 11.3 Å². The minimum absolute atomic E-state index is 0.00256. The Morgan fingerprint density at radius 1 is 1.14 bits per heavy atom. The van der Waals surface area contributed by atoms with Gasteiger partial charge in [0.2, 0.25) is 11.8 Å². The zero-order valence-electron chi connectivity index (χ0n) is 13.2. The highest BCUT2D eigenvalue weighted by Crippen LogP contribution is 2.60. The molecule has 2 aliphatic rings. The lowest BCUT2D eigenvalue weighted by atomic mass is 9.94. The van der Waals surface area contributed by atoms with Gasteiger partial charge < -0.3 is 5.73 Å². The number of rotatable bonds is 7. The molecule has 1 saturated carbocycles. The van der Waals surface area contributed by atoms with Crippen molar-refractivity contribution < 1.29 is 9.59 Å². The van der Waals surface area contributed by atoms with Crippen LogP contribution in [0.5, 0.6) is 0 Å². The molecular weight excluding hydrogens is 276 g/mol. The summed E-state index contributed by atoms with van der Waals surface area (Å²) >= 11 is 0. The van der Waals surface area contributed by atoms with Gasteiger partial charge in [-0.05, 0) is 30.5 Å². The second kappa shape index (κ2) is 5.75. The van der Waals surface area contributed by atoms with Gasteiger partial charge in [-0.3, -0.25) is 14.5 Å². The molecule has 1 aromatic rings. The van der Waals surface area contributed by atoms with E-state index in [1.807, 2.05) is 24.3 Å². The molecule has 1 aliphatic heterocycles. The minimum atomic E-state index is -0.575. The van der Waals surface area contributed by atoms with Gasteiger partial charge in [-0.2, -0.15) is 0 Å². The van der Waals surface area contributed by atoms with Crippen LogP contribution < -0.4 is 5.73 Å². The molecule has 2 atom stereocenters. The monoisotopic (exact) mass is 300 g/mol. The number of amides is 2. The van der Waals surface area contributed by atoms with E-state index in [1.54, 1.807) is 0 Å². The normalized spacial score (nSPS) is 26.4. The lowest BCUT2D eigenvalue weighted by Crippen LogP contribution is -2.37. The summed E-state index contributed by atoms with van der Waals surface area (Å²) in [7, 11) is 0. The predicted octanol–water partition coefficient (Wildman–Crippen LogP) is 2.87. The van der Waals surface area contributed by atoms with Crippen molar-refractivity contribution in [1.29, 1.82) is 0 Å². The smallest absolute Gasteiger partial charge is 0.240 e. The molecule has 22 heavy (non-hydrogen) atoms. The summed E-state index contributed by atoms with van der Waals surface area (Å²) in [5.74, 6) is -0.112. The van der Waals surface area contributed by atoms with E-state index in [1.165, 1.54) is 24.2 Å². The molecule has 1 saturated heterocycles. The zero-order chi connectivity index (χ0) is 15.7. The zero-order valence-corrected chi connectivity index (χ0v) is 13.2. The van der Waals surface area contributed by atoms with Crippen LogP contribution in [-0.2, 0) is 15.0 Å². The third kappa shape index (κ3) is 2.31. The number of nitrogen functional groups attached to an aromatic ring is 1. The molecule has 4 heteroatoms. The highest BCUT2D eigenvalue weighted by Gasteiger charge is 2.72. The lowest BCUT2D eigenvalue weighted by molar-refractivity contribution is -0.141. The quantitative estimate of drug-likeness (QED) is 0.478. The molecule has 2 amide bonds. The summed E-state index contributed by atoms with van der Waals surface area (Å²) in [5.41, 5.74) is 6.76. The van der Waals surface area contributed by atoms with Crippen LogP contribution in [0.2, 0.25) is 0 Å². The molecule has 2 N–H and O–H groups in total. The van der Waals surface area contributed by atoms with Gasteiger partial charge in [-0.15, -0.1) is 0 Å². The number of likely N-dealkylation sites (tertiary alicyclic amines) is 1. The van der Waals surface area contributed by atoms with Gasteiger partial charge in [0, 0.05) is 12.2 Å². The van der Waals surface area contributed by atoms with Crippen molar-refractivity contribution in [2.24, 2.45) is 5.92 Å². The van der Waals surface area contributed by atoms with E-state index in [4.69, 9.17) is 5.73 Å². The molecule has 0 spiro atoms. The average molecular weight is 300 g/mol. The first-order valence-electron chi connectivity index (χ1n) is 8.33. The first-order chi connectivity index (χ1) is 10.6. The first-order valence-corrected chi connectivity index (χ1v) is 8.33. The largest absolute Gasteiger partial charge is 0.399 e. The Bertz CT molecular complexity index is 581. The van der Waals surface area contributed by atoms with Crippen LogP contribution in [0.3, 0.4) is 0 Å². The highest BCUT2D eigenvalue weighted by atomic mass is 16.2. The number of carbonyl (C=O) groups excluding carboxylic acids is 2. The van der Waals surface area contributed by atoms with E-state index in [2.05, 4.69) is 6.92 Å². The van der Waals surface area contributed by atoms with E-state index in [0.717, 1.165) is 18.4 Å². The van der Waals surface area contributed by atoms with Crippen molar-refractivity contribution in [2.75, 3.05) is 12.3 Å². The summed E-state index contributed by atoms with van der Waals surface area (Å²) in [6, 6.07) is 7.41. The molecule has 2 fully saturated rings. The Morgan fingerprint density at radius 2 is 1.82 bits per heavy atom. The number of hydrogen-bond acceptors (Lipinski definition) is 3. The fraction of sp³-hybridized carbons (Fsp3) is 0.556. The molecule has 0 radical (unpaired) electrons. The second-order valence-corrected chi connectivity index (χ2v) is 6.56. The van der Waals surface area contributed by atoms with Gasteiger partial charge >= 0.3 is 0 Å². The summed E-state index contributed by atoms with van der Waals surface area (Å²) in [4.78, 5) is 26.7. The van der Waals surface area contributed by atoms with Crippen molar-refractivity contribution >= 4 is 17.5 Å². The van der Waals surface area contributed by atoms with E-state index >= 15 is 0 Å². The standard InChI is InChI=1S/C18H24N2O2/c1-2-3-4-5-6-11-20-16(21)15-12-18(15,17(20)22)13-7-9-14(19)10-8-13/h7-10,15H,2-6,11-12,19H2,1H3. The van der Waals surface area contributed by atoms with Gasteiger partial charge in [0.25, 0.3) is 0 Å². The number of fused-ring (bicyclic) bond motifs is 1. The molecule has 0 bridgehead atoms. The van der Waals surface area contributed by atoms with Crippen LogP contribution in [0.15, 0.2) is 24.3 Å². The topological polar surface area (TPSA) is 63.4 Å². The Hall–Kier alpha value is -1.84. The Morgan fingerprint density at radius 3 is 2.50 bits per heavy atom. The summed E-state index contributed by atoms with van der Waals surface area (Å²) in [5, 5.41) is 0. The SMILES string of the molecule is CCCCCCCN1C(=O)C2CC2(c2ccc(N)cc2)C1=O. The fourth-order valence-electron chi connectivity index (χ4n) is 3.63. The molecule has 1 aliphatic carbocycles. The fourth-order valence-corrected chi connectivity index (χ4v) is 3.63. The maximum Gasteiger partial charge on any atom is 0.240 e. The second-order valence-electron chi connectivity index (χ2n) is 6.56. The van der Waals surface area contributed by atoms with Crippen LogP contribution >= 0.6 is 0 Å². The summed E-state index contributed by atoms with van der Waals surface area (Å²) < 4.78 is 0. The minimum Gasteiger partial charge on any atom is -0.399 e. The first kappa shape index (κ1) is 15.1. The predicted molar refractivity (Wildman–Crippen MR) is 86.1 cm³/mol. The van der Waals surface area contributed by atoms with Crippen LogP contribution in [-0.4, -0.2) is 23.3 Å². The number of imide groups is 1. The summed E-state index contributed by atoms with van der Waals surface area (Å²) in [6.07, 6.45) is 6.27. The molecule has 0 aromatic heterocycles. The Balaban J connectivity index is 1.66. The number of unbranched alkanes of at least 4 members (excludes halogenated alkanes) is 4. The van der Waals surface area contributed by atoms with Gasteiger partial charge in [-0.25, -0.2) is 0 Å². The third-order valence-electron chi connectivity index (χ3n) is 5.06. The Labute approximate surface area is 131 Å². The molecule has 1 aromatic carbocycles. The number of hydrogen-bond donors (Lipinski definition) is 1. The third-order valence-corrected chi connectivity index (χ3v) is 5.06. The van der Waals surface area contributed by atoms with Crippen LogP contribution in [0.1, 0.15) is 51.0 Å². The average Bonchev–Trinajstić information content (AvgIpc) is 3.23. The van der Waals surface area contributed by atoms with Crippen molar-refractivity contribution in [1.82, 2.24) is 4.90 Å². The van der Waals surface area contributed by atoms with Crippen LogP contribution in [0.25, 0.3) is 0 Å². The Kier molecular flexibility index (Phi) is 3.94. The molecule has 118 valence electrons. The lowest BCUT2D eigenvalue weighted by Gasteiger charge is -2.19. The van der Waals surface area contributed by atoms with Crippen molar-refractivity contribution in [3.8, 4) is 0 Å². The van der Waals surface area contributed by atoms with Gasteiger partial charge in [0.15, 0.2) is 0 Å². The summed E-state index contributed by atoms with van der Waals surface area (Å²) in [6.45, 7) is 2.76. The molecule has 2 unspecified atom stereocenters. The van der Waals surface area contributed by atoms with E-state index < -0.39 is 5.41 Å². The number of carbonyl (C=O) groups is 2. The molecule has 4 nitrogen and oxygen atoms in total.